The highest BCUT2D eigenvalue weighted by molar-refractivity contribution is 7.80. The van der Waals surface area contributed by atoms with E-state index in [9.17, 15) is 4.79 Å². The first-order chi connectivity index (χ1) is 13.5. The van der Waals surface area contributed by atoms with Gasteiger partial charge in [-0.2, -0.15) is 0 Å². The molecule has 3 rings (SSSR count). The van der Waals surface area contributed by atoms with Gasteiger partial charge in [-0.3, -0.25) is 10.1 Å². The highest BCUT2D eigenvalue weighted by Crippen LogP contribution is 2.33. The zero-order valence-electron chi connectivity index (χ0n) is 14.7. The van der Waals surface area contributed by atoms with Gasteiger partial charge < -0.3 is 10.6 Å². The van der Waals surface area contributed by atoms with Gasteiger partial charge in [0.2, 0.25) is 0 Å². The molecule has 0 aromatic heterocycles. The Morgan fingerprint density at radius 3 is 2.07 bits per heavy atom. The van der Waals surface area contributed by atoms with E-state index in [1.54, 1.807) is 36.4 Å². The molecule has 0 heterocycles. The summed E-state index contributed by atoms with van der Waals surface area (Å²) in [6, 6.07) is 22.2. The van der Waals surface area contributed by atoms with Gasteiger partial charge in [0.05, 0.1) is 21.4 Å². The molecule has 0 atom stereocenters. The summed E-state index contributed by atoms with van der Waals surface area (Å²) >= 11 is 17.6. The van der Waals surface area contributed by atoms with E-state index in [2.05, 4.69) is 16.0 Å². The summed E-state index contributed by atoms with van der Waals surface area (Å²) in [4.78, 5) is 12.3. The van der Waals surface area contributed by atoms with Crippen LogP contribution in [0.5, 0.6) is 0 Å². The van der Waals surface area contributed by atoms with E-state index in [-0.39, 0.29) is 11.0 Å². The van der Waals surface area contributed by atoms with E-state index in [0.717, 1.165) is 11.3 Å². The molecular weight excluding hydrogens is 413 g/mol. The second-order valence-electron chi connectivity index (χ2n) is 5.93. The summed E-state index contributed by atoms with van der Waals surface area (Å²) < 4.78 is 0. The molecule has 0 fully saturated rings. The maximum atomic E-state index is 12.3. The fraction of sp³-hybridized carbons (Fsp3) is 0.0476. The molecule has 3 aromatic carbocycles. The van der Waals surface area contributed by atoms with Crippen LogP contribution in [0, 0.1) is 0 Å². The molecule has 4 nitrogen and oxygen atoms in total. The fourth-order valence-electron chi connectivity index (χ4n) is 2.51. The number of hydrogen-bond donors (Lipinski definition) is 3. The monoisotopic (exact) mass is 429 g/mol. The third kappa shape index (κ3) is 5.45. The molecule has 3 aromatic rings. The van der Waals surface area contributed by atoms with Crippen molar-refractivity contribution < 1.29 is 4.79 Å². The van der Waals surface area contributed by atoms with E-state index in [1.807, 2.05) is 36.4 Å². The van der Waals surface area contributed by atoms with E-state index in [0.29, 0.717) is 27.8 Å². The van der Waals surface area contributed by atoms with Crippen molar-refractivity contribution in [2.75, 3.05) is 10.6 Å². The molecule has 0 spiro atoms. The molecule has 1 amide bonds. The maximum Gasteiger partial charge on any atom is 0.257 e. The first-order valence-corrected chi connectivity index (χ1v) is 9.63. The Kier molecular flexibility index (Phi) is 6.87. The number of carbonyl (C=O) groups is 1. The number of amides is 1. The SMILES string of the molecule is O=C(NC(=S)Nc1cc(Cl)c(Cl)cc1NCc1ccccc1)c1ccccc1. The lowest BCUT2D eigenvalue weighted by molar-refractivity contribution is 0.0977. The lowest BCUT2D eigenvalue weighted by Gasteiger charge is -2.16. The van der Waals surface area contributed by atoms with Gasteiger partial charge in [-0.15, -0.1) is 0 Å². The Bertz CT molecular complexity index is 982. The van der Waals surface area contributed by atoms with Gasteiger partial charge in [-0.25, -0.2) is 0 Å². The zero-order chi connectivity index (χ0) is 19.9. The molecule has 0 saturated heterocycles. The van der Waals surface area contributed by atoms with Gasteiger partial charge >= 0.3 is 0 Å². The van der Waals surface area contributed by atoms with Crippen LogP contribution in [0.25, 0.3) is 0 Å². The highest BCUT2D eigenvalue weighted by atomic mass is 35.5. The first-order valence-electron chi connectivity index (χ1n) is 8.47. The van der Waals surface area contributed by atoms with Crippen LogP contribution >= 0.6 is 35.4 Å². The largest absolute Gasteiger partial charge is 0.379 e. The van der Waals surface area contributed by atoms with Crippen LogP contribution in [0.15, 0.2) is 72.8 Å². The standard InChI is InChI=1S/C21H17Cl2N3OS/c22-16-11-18(24-13-14-7-3-1-4-8-14)19(12-17(16)23)25-21(28)26-20(27)15-9-5-2-6-10-15/h1-12,24H,13H2,(H2,25,26,27,28). The van der Waals surface area contributed by atoms with Crippen LogP contribution in [0.2, 0.25) is 10.0 Å². The van der Waals surface area contributed by atoms with Gasteiger partial charge in [0.15, 0.2) is 5.11 Å². The summed E-state index contributed by atoms with van der Waals surface area (Å²) in [6.07, 6.45) is 0. The van der Waals surface area contributed by atoms with E-state index >= 15 is 0 Å². The topological polar surface area (TPSA) is 53.2 Å². The molecule has 0 radical (unpaired) electrons. The molecule has 3 N–H and O–H groups in total. The number of anilines is 2. The molecule has 7 heteroatoms. The third-order valence-electron chi connectivity index (χ3n) is 3.90. The van der Waals surface area contributed by atoms with Gasteiger partial charge in [-0.1, -0.05) is 71.7 Å². The molecule has 0 aliphatic carbocycles. The van der Waals surface area contributed by atoms with E-state index in [4.69, 9.17) is 35.4 Å². The normalized spacial score (nSPS) is 10.2. The lowest BCUT2D eigenvalue weighted by atomic mass is 10.2. The highest BCUT2D eigenvalue weighted by Gasteiger charge is 2.12. The number of benzene rings is 3. The number of rotatable bonds is 5. The number of carbonyl (C=O) groups excluding carboxylic acids is 1. The van der Waals surface area contributed by atoms with Gasteiger partial charge in [-0.05, 0) is 42.0 Å². The summed E-state index contributed by atoms with van der Waals surface area (Å²) in [7, 11) is 0. The van der Waals surface area contributed by atoms with Crippen molar-refractivity contribution >= 4 is 57.8 Å². The van der Waals surface area contributed by atoms with Gasteiger partial charge in [0.1, 0.15) is 0 Å². The summed E-state index contributed by atoms with van der Waals surface area (Å²) in [5.74, 6) is -0.294. The maximum absolute atomic E-state index is 12.3. The number of hydrogen-bond acceptors (Lipinski definition) is 3. The van der Waals surface area contributed by atoms with Crippen molar-refractivity contribution in [3.63, 3.8) is 0 Å². The minimum atomic E-state index is -0.294. The predicted octanol–water partition coefficient (Wildman–Crippen LogP) is 5.73. The van der Waals surface area contributed by atoms with Crippen molar-refractivity contribution in [2.45, 2.75) is 6.54 Å². The van der Waals surface area contributed by atoms with Crippen molar-refractivity contribution in [3.8, 4) is 0 Å². The van der Waals surface area contributed by atoms with Crippen LogP contribution in [0.3, 0.4) is 0 Å². The van der Waals surface area contributed by atoms with E-state index < -0.39 is 0 Å². The summed E-state index contributed by atoms with van der Waals surface area (Å²) in [5, 5.41) is 9.94. The average molecular weight is 430 g/mol. The van der Waals surface area contributed by atoms with Crippen molar-refractivity contribution in [1.29, 1.82) is 0 Å². The van der Waals surface area contributed by atoms with Crippen LogP contribution in [0.4, 0.5) is 11.4 Å². The molecule has 0 aliphatic rings. The molecule has 142 valence electrons. The lowest BCUT2D eigenvalue weighted by Crippen LogP contribution is -2.34. The van der Waals surface area contributed by atoms with Crippen LogP contribution in [-0.4, -0.2) is 11.0 Å². The Morgan fingerprint density at radius 1 is 0.857 bits per heavy atom. The minimum Gasteiger partial charge on any atom is -0.379 e. The number of thiocarbonyl (C=S) groups is 1. The number of nitrogens with one attached hydrogen (secondary N) is 3. The van der Waals surface area contributed by atoms with Crippen molar-refractivity contribution in [3.05, 3.63) is 94.0 Å². The Balaban J connectivity index is 1.72. The third-order valence-corrected chi connectivity index (χ3v) is 4.82. The smallest absolute Gasteiger partial charge is 0.257 e. The Morgan fingerprint density at radius 2 is 1.43 bits per heavy atom. The summed E-state index contributed by atoms with van der Waals surface area (Å²) in [5.41, 5.74) is 2.96. The van der Waals surface area contributed by atoms with Gasteiger partial charge in [0, 0.05) is 12.1 Å². The molecule has 28 heavy (non-hydrogen) atoms. The van der Waals surface area contributed by atoms with E-state index in [1.165, 1.54) is 0 Å². The van der Waals surface area contributed by atoms with Crippen LogP contribution < -0.4 is 16.0 Å². The Labute approximate surface area is 178 Å². The van der Waals surface area contributed by atoms with Crippen LogP contribution in [0.1, 0.15) is 15.9 Å². The second-order valence-corrected chi connectivity index (χ2v) is 7.15. The minimum absolute atomic E-state index is 0.162. The quantitative estimate of drug-likeness (QED) is 0.453. The van der Waals surface area contributed by atoms with Gasteiger partial charge in [0.25, 0.3) is 5.91 Å². The molecular formula is C21H17Cl2N3OS. The van der Waals surface area contributed by atoms with Crippen molar-refractivity contribution in [1.82, 2.24) is 5.32 Å². The predicted molar refractivity (Wildman–Crippen MR) is 120 cm³/mol. The molecule has 0 saturated carbocycles. The second kappa shape index (κ2) is 9.55. The van der Waals surface area contributed by atoms with Crippen LogP contribution in [-0.2, 0) is 6.54 Å². The zero-order valence-corrected chi connectivity index (χ0v) is 17.0. The fourth-order valence-corrected chi connectivity index (χ4v) is 3.04. The number of halogens is 2. The summed E-state index contributed by atoms with van der Waals surface area (Å²) in [6.45, 7) is 0.594. The Hall–Kier alpha value is -2.60. The van der Waals surface area contributed by atoms with Crippen molar-refractivity contribution in [2.24, 2.45) is 0 Å². The molecule has 0 aliphatic heterocycles. The first kappa shape index (κ1) is 20.1. The molecule has 0 bridgehead atoms. The molecule has 0 unspecified atom stereocenters. The average Bonchev–Trinajstić information content (AvgIpc) is 2.71.